The van der Waals surface area contributed by atoms with Crippen molar-refractivity contribution in [3.63, 3.8) is 0 Å². The maximum atomic E-state index is 2.60. The summed E-state index contributed by atoms with van der Waals surface area (Å²) >= 11 is 7.50. The van der Waals surface area contributed by atoms with E-state index in [1.807, 2.05) is 45.8 Å². The van der Waals surface area contributed by atoms with Gasteiger partial charge in [-0.2, -0.15) is 4.57 Å². The molecule has 3 aromatic carbocycles. The third kappa shape index (κ3) is 6.73. The van der Waals surface area contributed by atoms with Crippen molar-refractivity contribution in [2.45, 2.75) is 71.2 Å². The molecule has 1 aliphatic heterocycles. The molecule has 1 aliphatic carbocycles. The van der Waals surface area contributed by atoms with Crippen LogP contribution in [0, 0.1) is 5.41 Å². The Hall–Kier alpha value is -3.42. The Balaban J connectivity index is 1.14. The largest absolute Gasteiger partial charge is 0.335 e. The predicted octanol–water partition coefficient (Wildman–Crippen LogP) is 13.6. The summed E-state index contributed by atoms with van der Waals surface area (Å²) in [4.78, 5) is 5.31. The Kier molecular flexibility index (Phi) is 9.17. The third-order valence-corrected chi connectivity index (χ3v) is 13.7. The second-order valence-corrected chi connectivity index (χ2v) is 18.1. The second kappa shape index (κ2) is 13.7. The van der Waals surface area contributed by atoms with Crippen LogP contribution >= 0.6 is 45.8 Å². The van der Waals surface area contributed by atoms with Gasteiger partial charge in [-0.3, -0.25) is 0 Å². The van der Waals surface area contributed by atoms with Crippen molar-refractivity contribution in [3.8, 4) is 21.6 Å². The number of thiophene rings is 2. The summed E-state index contributed by atoms with van der Waals surface area (Å²) in [6, 6.07) is 27.5. The highest BCUT2D eigenvalue weighted by Crippen LogP contribution is 2.49. The van der Waals surface area contributed by atoms with E-state index in [1.54, 1.807) is 0 Å². The Bertz CT molecular complexity index is 2240. The molecule has 2 aliphatic rings. The summed E-state index contributed by atoms with van der Waals surface area (Å²) in [5.41, 5.74) is 9.65. The lowest BCUT2D eigenvalue weighted by Crippen LogP contribution is -2.33. The molecule has 0 unspecified atom stereocenters. The number of allylic oxidation sites excluding steroid dienone is 4. The van der Waals surface area contributed by atoms with Gasteiger partial charge in [0.2, 0.25) is 5.52 Å². The van der Waals surface area contributed by atoms with Crippen molar-refractivity contribution < 1.29 is 4.57 Å². The van der Waals surface area contributed by atoms with Gasteiger partial charge in [0.1, 0.15) is 11.2 Å². The number of rotatable bonds is 9. The number of nitrogens with zero attached hydrogens (tertiary/aromatic N) is 2. The van der Waals surface area contributed by atoms with Gasteiger partial charge in [0.15, 0.2) is 0 Å². The fraction of sp³-hybridized carbons (Fsp3) is 0.279. The van der Waals surface area contributed by atoms with Crippen molar-refractivity contribution >= 4 is 77.8 Å². The van der Waals surface area contributed by atoms with Crippen LogP contribution in [0.4, 0.5) is 5.69 Å². The van der Waals surface area contributed by atoms with Gasteiger partial charge in [0.25, 0.3) is 5.01 Å². The molecule has 0 amide bonds. The van der Waals surface area contributed by atoms with Crippen LogP contribution in [0.15, 0.2) is 117 Å². The van der Waals surface area contributed by atoms with Crippen LogP contribution in [0.5, 0.6) is 0 Å². The first kappa shape index (κ1) is 32.8. The van der Waals surface area contributed by atoms with Gasteiger partial charge in [-0.25, -0.2) is 0 Å². The highest BCUT2D eigenvalue weighted by atomic mass is 32.2. The average molecular weight is 716 g/mol. The van der Waals surface area contributed by atoms with Crippen LogP contribution in [0.3, 0.4) is 0 Å². The van der Waals surface area contributed by atoms with Crippen LogP contribution in [0.1, 0.15) is 64.8 Å². The highest BCUT2D eigenvalue weighted by molar-refractivity contribution is 8.03. The first-order chi connectivity index (χ1) is 23.9. The molecule has 4 heterocycles. The topological polar surface area (TPSA) is 7.12 Å². The van der Waals surface area contributed by atoms with Gasteiger partial charge in [0.05, 0.1) is 10.7 Å². The molecule has 0 saturated carbocycles. The van der Waals surface area contributed by atoms with Gasteiger partial charge in [-0.15, -0.1) is 22.7 Å². The minimum Gasteiger partial charge on any atom is -0.335 e. The molecule has 0 radical (unpaired) electrons. The summed E-state index contributed by atoms with van der Waals surface area (Å²) in [6.07, 6.45) is 13.4. The Morgan fingerprint density at radius 3 is 2.47 bits per heavy atom. The minimum absolute atomic E-state index is 0.198. The molecule has 0 atom stereocenters. The molecule has 8 rings (SSSR count). The van der Waals surface area contributed by atoms with Crippen molar-refractivity contribution in [2.24, 2.45) is 5.41 Å². The van der Waals surface area contributed by atoms with E-state index >= 15 is 0 Å². The SMILES string of the molecule is CCCCCN1/C(=C/C2=CC(=C/c3sc4ccc(-c5ccc6sccc6c5)cc4[n+]3CC)/CC(C)(C)C2)Sc2ccc(-c3cccs3)cc21. The van der Waals surface area contributed by atoms with Crippen molar-refractivity contribution in [1.29, 1.82) is 0 Å². The third-order valence-electron chi connectivity index (χ3n) is 9.71. The minimum atomic E-state index is 0.198. The van der Waals surface area contributed by atoms with Crippen LogP contribution < -0.4 is 9.47 Å². The van der Waals surface area contributed by atoms with E-state index < -0.39 is 0 Å². The van der Waals surface area contributed by atoms with Gasteiger partial charge < -0.3 is 4.90 Å². The number of thiazole rings is 1. The van der Waals surface area contributed by atoms with E-state index in [0.29, 0.717) is 0 Å². The molecule has 0 N–H and O–H groups in total. The number of hydrogen-bond donors (Lipinski definition) is 0. The maximum Gasteiger partial charge on any atom is 0.263 e. The molecule has 3 aromatic heterocycles. The summed E-state index contributed by atoms with van der Waals surface area (Å²) in [5.74, 6) is 0. The number of aromatic nitrogens is 1. The maximum absolute atomic E-state index is 2.60. The number of thioether (sulfide) groups is 1. The fourth-order valence-corrected chi connectivity index (χ4v) is 11.2. The number of benzene rings is 3. The number of aryl methyl sites for hydroxylation is 1. The highest BCUT2D eigenvalue weighted by Gasteiger charge is 2.30. The summed E-state index contributed by atoms with van der Waals surface area (Å²) < 4.78 is 5.21. The van der Waals surface area contributed by atoms with E-state index in [-0.39, 0.29) is 5.41 Å². The molecule has 0 spiro atoms. The molecule has 0 saturated heterocycles. The van der Waals surface area contributed by atoms with E-state index in [9.17, 15) is 0 Å². The molecule has 0 bridgehead atoms. The molecular weight excluding hydrogens is 673 g/mol. The van der Waals surface area contributed by atoms with E-state index in [0.717, 1.165) is 25.9 Å². The Morgan fingerprint density at radius 2 is 1.65 bits per heavy atom. The zero-order valence-electron chi connectivity index (χ0n) is 28.8. The van der Waals surface area contributed by atoms with E-state index in [2.05, 4.69) is 139 Å². The lowest BCUT2D eigenvalue weighted by Gasteiger charge is -2.31. The van der Waals surface area contributed by atoms with Gasteiger partial charge in [-0.1, -0.05) is 87.1 Å². The number of hydrogen-bond acceptors (Lipinski definition) is 5. The lowest BCUT2D eigenvalue weighted by atomic mass is 9.75. The Morgan fingerprint density at radius 1 is 0.816 bits per heavy atom. The zero-order chi connectivity index (χ0) is 33.5. The van der Waals surface area contributed by atoms with Crippen LogP contribution in [-0.4, -0.2) is 6.54 Å². The lowest BCUT2D eigenvalue weighted by molar-refractivity contribution is -0.665. The van der Waals surface area contributed by atoms with E-state index in [4.69, 9.17) is 0 Å². The zero-order valence-corrected chi connectivity index (χ0v) is 32.1. The van der Waals surface area contributed by atoms with Gasteiger partial charge in [0, 0.05) is 33.2 Å². The first-order valence-electron chi connectivity index (χ1n) is 17.6. The predicted molar refractivity (Wildman–Crippen MR) is 218 cm³/mol. The monoisotopic (exact) mass is 715 g/mol. The van der Waals surface area contributed by atoms with Crippen molar-refractivity contribution in [1.82, 2.24) is 0 Å². The molecule has 2 nitrogen and oxygen atoms in total. The van der Waals surface area contributed by atoms with E-state index in [1.165, 1.54) is 92.9 Å². The quantitative estimate of drug-likeness (QED) is 0.109. The standard InChI is InChI=1S/C43H43N2S4/c1-5-7-8-18-45-36-26-33(37-10-9-19-46-37)13-16-40(36)49-42(45)23-30-21-29(27-43(3,4)28-30)22-41-44(6-2)35-25-32(12-15-39(35)48-41)31-11-14-38-34(24-31)17-20-47-38/h9-17,19-26H,5-8,18,27-28H2,1-4H3/q+1. The smallest absolute Gasteiger partial charge is 0.263 e. The molecule has 0 fully saturated rings. The molecule has 6 heteroatoms. The number of fused-ring (bicyclic) bond motifs is 3. The average Bonchev–Trinajstić information content (AvgIpc) is 3.89. The summed E-state index contributed by atoms with van der Waals surface area (Å²) in [6.45, 7) is 11.5. The van der Waals surface area contributed by atoms with Crippen molar-refractivity contribution in [3.05, 3.63) is 117 Å². The Labute approximate surface area is 307 Å². The molecular formula is C43H43N2S4+. The molecule has 6 aromatic rings. The number of anilines is 1. The van der Waals surface area contributed by atoms with Gasteiger partial charge >= 0.3 is 0 Å². The summed E-state index contributed by atoms with van der Waals surface area (Å²) in [7, 11) is 0. The molecule has 248 valence electrons. The van der Waals surface area contributed by atoms with Crippen LogP contribution in [-0.2, 0) is 6.54 Å². The van der Waals surface area contributed by atoms with Gasteiger partial charge in [-0.05, 0) is 124 Å². The van der Waals surface area contributed by atoms with Crippen molar-refractivity contribution in [2.75, 3.05) is 11.4 Å². The fourth-order valence-electron chi connectivity index (χ4n) is 7.43. The number of unbranched alkanes of at least 4 members (excludes halogenated alkanes) is 2. The van der Waals surface area contributed by atoms with Crippen LogP contribution in [0.25, 0.3) is 47.9 Å². The van der Waals surface area contributed by atoms with Crippen LogP contribution in [0.2, 0.25) is 0 Å². The normalized spacial score (nSPS) is 17.5. The second-order valence-electron chi connectivity index (χ2n) is 14.1. The first-order valence-corrected chi connectivity index (χ1v) is 21.0. The molecule has 49 heavy (non-hydrogen) atoms. The summed E-state index contributed by atoms with van der Waals surface area (Å²) in [5, 5.41) is 8.39.